The van der Waals surface area contributed by atoms with E-state index in [-0.39, 0.29) is 12.2 Å². The molecule has 7 heteroatoms. The third-order valence-electron chi connectivity index (χ3n) is 3.38. The second kappa shape index (κ2) is 6.67. The summed E-state index contributed by atoms with van der Waals surface area (Å²) in [6.45, 7) is 2.02. The highest BCUT2D eigenvalue weighted by molar-refractivity contribution is 7.08. The molecule has 1 aromatic heterocycles. The Morgan fingerprint density at radius 1 is 1.25 bits per heavy atom. The number of hydrazine groups is 1. The molecule has 0 saturated carbocycles. The lowest BCUT2D eigenvalue weighted by Gasteiger charge is -2.14. The first kappa shape index (κ1) is 15.9. The van der Waals surface area contributed by atoms with Gasteiger partial charge in [0.25, 0.3) is 11.8 Å². The molecule has 0 bridgehead atoms. The minimum Gasteiger partial charge on any atom is -0.462 e. The van der Waals surface area contributed by atoms with Gasteiger partial charge >= 0.3 is 5.97 Å². The highest BCUT2D eigenvalue weighted by Crippen LogP contribution is 2.22. The molecule has 0 spiro atoms. The zero-order valence-electron chi connectivity index (χ0n) is 12.8. The third-order valence-corrected chi connectivity index (χ3v) is 4.08. The molecule has 1 aliphatic heterocycles. The molecule has 1 saturated heterocycles. The molecule has 0 unspecified atom stereocenters. The predicted molar refractivity (Wildman–Crippen MR) is 90.3 cm³/mol. The molecule has 1 aliphatic rings. The molecule has 1 aromatic carbocycles. The Hall–Kier alpha value is -2.93. The van der Waals surface area contributed by atoms with Gasteiger partial charge in [-0.05, 0) is 59.7 Å². The van der Waals surface area contributed by atoms with Crippen LogP contribution >= 0.6 is 11.3 Å². The SMILES string of the molecule is CCOC(=O)c1ccc(N2NC(=O)C(=Cc3ccsc3)C2=O)cc1. The van der Waals surface area contributed by atoms with Crippen molar-refractivity contribution in [3.63, 3.8) is 0 Å². The summed E-state index contributed by atoms with van der Waals surface area (Å²) in [4.78, 5) is 36.1. The number of carbonyl (C=O) groups is 3. The monoisotopic (exact) mass is 342 g/mol. The average Bonchev–Trinajstić information content (AvgIpc) is 3.19. The van der Waals surface area contributed by atoms with Crippen LogP contribution in [0.3, 0.4) is 0 Å². The van der Waals surface area contributed by atoms with E-state index in [2.05, 4.69) is 5.43 Å². The van der Waals surface area contributed by atoms with Crippen LogP contribution in [0.2, 0.25) is 0 Å². The maximum Gasteiger partial charge on any atom is 0.338 e. The van der Waals surface area contributed by atoms with Gasteiger partial charge in [-0.3, -0.25) is 15.0 Å². The fourth-order valence-electron chi connectivity index (χ4n) is 2.22. The molecule has 2 amide bonds. The van der Waals surface area contributed by atoms with Crippen molar-refractivity contribution >= 4 is 40.9 Å². The molecule has 1 fully saturated rings. The summed E-state index contributed by atoms with van der Waals surface area (Å²) in [5.41, 5.74) is 4.25. The summed E-state index contributed by atoms with van der Waals surface area (Å²) in [6.07, 6.45) is 1.56. The van der Waals surface area contributed by atoms with Crippen LogP contribution in [-0.2, 0) is 14.3 Å². The first-order valence-corrected chi connectivity index (χ1v) is 8.21. The molecule has 0 aliphatic carbocycles. The topological polar surface area (TPSA) is 75.7 Å². The highest BCUT2D eigenvalue weighted by atomic mass is 32.1. The Labute approximate surface area is 142 Å². The van der Waals surface area contributed by atoms with Crippen LogP contribution in [0.1, 0.15) is 22.8 Å². The number of hydrogen-bond acceptors (Lipinski definition) is 5. The first-order chi connectivity index (χ1) is 11.6. The molecule has 6 nitrogen and oxygen atoms in total. The molecule has 24 heavy (non-hydrogen) atoms. The van der Waals surface area contributed by atoms with E-state index in [1.807, 2.05) is 16.8 Å². The van der Waals surface area contributed by atoms with Crippen LogP contribution in [0.5, 0.6) is 0 Å². The summed E-state index contributed by atoms with van der Waals surface area (Å²) < 4.78 is 4.91. The molecular formula is C17H14N2O4S. The number of nitrogens with one attached hydrogen (secondary N) is 1. The summed E-state index contributed by atoms with van der Waals surface area (Å²) >= 11 is 1.49. The van der Waals surface area contributed by atoms with Gasteiger partial charge in [-0.1, -0.05) is 0 Å². The second-order valence-electron chi connectivity index (χ2n) is 4.96. The van der Waals surface area contributed by atoms with Crippen molar-refractivity contribution in [3.8, 4) is 0 Å². The number of rotatable bonds is 4. The number of thiophene rings is 1. The lowest BCUT2D eigenvalue weighted by molar-refractivity contribution is -0.117. The van der Waals surface area contributed by atoms with Crippen LogP contribution < -0.4 is 10.4 Å². The number of ether oxygens (including phenoxy) is 1. The van der Waals surface area contributed by atoms with E-state index in [4.69, 9.17) is 4.74 Å². The maximum atomic E-state index is 12.4. The Kier molecular flexibility index (Phi) is 4.43. The Morgan fingerprint density at radius 3 is 2.62 bits per heavy atom. The number of benzene rings is 1. The predicted octanol–water partition coefficient (Wildman–Crippen LogP) is 2.39. The number of hydrogen-bond donors (Lipinski definition) is 1. The van der Waals surface area contributed by atoms with Gasteiger partial charge in [0, 0.05) is 0 Å². The second-order valence-corrected chi connectivity index (χ2v) is 5.74. The largest absolute Gasteiger partial charge is 0.462 e. The maximum absolute atomic E-state index is 12.4. The lowest BCUT2D eigenvalue weighted by Crippen LogP contribution is -2.35. The van der Waals surface area contributed by atoms with Gasteiger partial charge in [-0.15, -0.1) is 0 Å². The fraction of sp³-hybridized carbons (Fsp3) is 0.118. The molecule has 3 rings (SSSR count). The van der Waals surface area contributed by atoms with E-state index in [9.17, 15) is 14.4 Å². The van der Waals surface area contributed by atoms with Gasteiger partial charge in [-0.2, -0.15) is 11.3 Å². The van der Waals surface area contributed by atoms with Gasteiger partial charge in [-0.25, -0.2) is 9.80 Å². The molecular weight excluding hydrogens is 328 g/mol. The average molecular weight is 342 g/mol. The molecule has 0 atom stereocenters. The molecule has 2 heterocycles. The number of carbonyl (C=O) groups excluding carboxylic acids is 3. The summed E-state index contributed by atoms with van der Waals surface area (Å²) in [5, 5.41) is 4.88. The van der Waals surface area contributed by atoms with Gasteiger partial charge in [0.05, 0.1) is 17.9 Å². The number of esters is 1. The highest BCUT2D eigenvalue weighted by Gasteiger charge is 2.34. The minimum atomic E-state index is -0.458. The summed E-state index contributed by atoms with van der Waals surface area (Å²) in [6, 6.07) is 8.09. The molecule has 0 radical (unpaired) electrons. The minimum absolute atomic E-state index is 0.0721. The van der Waals surface area contributed by atoms with Crippen LogP contribution in [0.15, 0.2) is 46.7 Å². The molecule has 1 N–H and O–H groups in total. The van der Waals surface area contributed by atoms with Gasteiger partial charge < -0.3 is 4.74 Å². The van der Waals surface area contributed by atoms with E-state index in [1.54, 1.807) is 37.3 Å². The van der Waals surface area contributed by atoms with Crippen molar-refractivity contribution in [2.75, 3.05) is 11.6 Å². The standard InChI is InChI=1S/C17H14N2O4S/c1-2-23-17(22)12-3-5-13(6-4-12)19-16(21)14(15(20)18-19)9-11-7-8-24-10-11/h3-10H,2H2,1H3,(H,18,20). The zero-order chi connectivity index (χ0) is 17.1. The van der Waals surface area contributed by atoms with Crippen LogP contribution in [0, 0.1) is 0 Å². The molecule has 2 aromatic rings. The van der Waals surface area contributed by atoms with Crippen LogP contribution in [-0.4, -0.2) is 24.4 Å². The van der Waals surface area contributed by atoms with Crippen molar-refractivity contribution < 1.29 is 19.1 Å². The number of anilines is 1. The van der Waals surface area contributed by atoms with Crippen molar-refractivity contribution in [2.24, 2.45) is 0 Å². The summed E-state index contributed by atoms with van der Waals surface area (Å²) in [7, 11) is 0. The normalized spacial score (nSPS) is 15.7. The first-order valence-electron chi connectivity index (χ1n) is 7.26. The van der Waals surface area contributed by atoms with Crippen molar-refractivity contribution in [1.82, 2.24) is 5.43 Å². The quantitative estimate of drug-likeness (QED) is 0.526. The van der Waals surface area contributed by atoms with E-state index >= 15 is 0 Å². The van der Waals surface area contributed by atoms with Crippen LogP contribution in [0.4, 0.5) is 5.69 Å². The van der Waals surface area contributed by atoms with Gasteiger partial charge in [0.15, 0.2) is 0 Å². The van der Waals surface area contributed by atoms with Crippen molar-refractivity contribution in [2.45, 2.75) is 6.92 Å². The van der Waals surface area contributed by atoms with Gasteiger partial charge in [0.2, 0.25) is 0 Å². The third kappa shape index (κ3) is 3.07. The Morgan fingerprint density at radius 2 is 2.00 bits per heavy atom. The number of nitrogens with zero attached hydrogens (tertiary/aromatic N) is 1. The Bertz CT molecular complexity index is 810. The van der Waals surface area contributed by atoms with Crippen LogP contribution in [0.25, 0.3) is 6.08 Å². The fourth-order valence-corrected chi connectivity index (χ4v) is 2.84. The lowest BCUT2D eigenvalue weighted by atomic mass is 10.1. The van der Waals surface area contributed by atoms with Crippen molar-refractivity contribution in [3.05, 3.63) is 57.8 Å². The summed E-state index contributed by atoms with van der Waals surface area (Å²) in [5.74, 6) is -1.32. The van der Waals surface area contributed by atoms with E-state index in [0.717, 1.165) is 10.6 Å². The van der Waals surface area contributed by atoms with Gasteiger partial charge in [0.1, 0.15) is 5.57 Å². The van der Waals surface area contributed by atoms with Crippen molar-refractivity contribution in [1.29, 1.82) is 0 Å². The number of amides is 2. The Balaban J connectivity index is 1.82. The zero-order valence-corrected chi connectivity index (χ0v) is 13.6. The van der Waals surface area contributed by atoms with E-state index < -0.39 is 17.8 Å². The molecule has 122 valence electrons. The smallest absolute Gasteiger partial charge is 0.338 e. The van der Waals surface area contributed by atoms with E-state index in [0.29, 0.717) is 11.3 Å². The van der Waals surface area contributed by atoms with E-state index in [1.165, 1.54) is 11.3 Å².